The average molecular weight is 354 g/mol. The predicted octanol–water partition coefficient (Wildman–Crippen LogP) is 3.68. The minimum Gasteiger partial charge on any atom is -0.340 e. The van der Waals surface area contributed by atoms with Crippen molar-refractivity contribution in [1.29, 1.82) is 0 Å². The third-order valence-electron chi connectivity index (χ3n) is 3.83. The molecule has 0 amide bonds. The lowest BCUT2D eigenvalue weighted by Crippen LogP contribution is -2.25. The molecule has 2 aromatic heterocycles. The molecular weight excluding hydrogens is 334 g/mol. The second kappa shape index (κ2) is 7.84. The van der Waals surface area contributed by atoms with Crippen molar-refractivity contribution < 1.29 is 0 Å². The molecular formula is C16H20ClN3O2S. The Kier molecular flexibility index (Phi) is 6.07. The van der Waals surface area contributed by atoms with Gasteiger partial charge in [0.05, 0.1) is 22.6 Å². The Morgan fingerprint density at radius 2 is 2.09 bits per heavy atom. The Balaban J connectivity index is 2.44. The molecule has 124 valence electrons. The van der Waals surface area contributed by atoms with Crippen LogP contribution in [0.1, 0.15) is 45.6 Å². The molecule has 0 spiro atoms. The first-order valence-electron chi connectivity index (χ1n) is 7.68. The summed E-state index contributed by atoms with van der Waals surface area (Å²) in [4.78, 5) is 31.6. The van der Waals surface area contributed by atoms with Gasteiger partial charge >= 0.3 is 0 Å². The van der Waals surface area contributed by atoms with Crippen LogP contribution in [0.25, 0.3) is 11.3 Å². The molecule has 0 aliphatic rings. The van der Waals surface area contributed by atoms with Crippen molar-refractivity contribution in [3.8, 4) is 11.3 Å². The molecule has 2 heterocycles. The van der Waals surface area contributed by atoms with Gasteiger partial charge in [0, 0.05) is 18.2 Å². The molecule has 0 bridgehead atoms. The number of thiol groups is 1. The van der Waals surface area contributed by atoms with E-state index in [4.69, 9.17) is 11.6 Å². The second-order valence-corrected chi connectivity index (χ2v) is 6.28. The Hall–Kier alpha value is -1.53. The predicted molar refractivity (Wildman–Crippen MR) is 95.7 cm³/mol. The van der Waals surface area contributed by atoms with Crippen LogP contribution in [0, 0.1) is 0 Å². The number of aromatic nitrogens is 3. The van der Waals surface area contributed by atoms with E-state index in [0.29, 0.717) is 10.7 Å². The van der Waals surface area contributed by atoms with Crippen LogP contribution >= 0.6 is 24.2 Å². The fraction of sp³-hybridized carbons (Fsp3) is 0.438. The first kappa shape index (κ1) is 17.8. The molecule has 2 aromatic rings. The summed E-state index contributed by atoms with van der Waals surface area (Å²) >= 11 is 10.0. The minimum absolute atomic E-state index is 0.128. The standard InChI is InChI=1S/C16H20ClN3O2S/c1-3-5-6-10(4-2)20-9-18-11(7-14(20)22)15-12(21)8-13(17)19-16(15)23/h7-10H,3-6H2,1-2H3,(H2,19,21,23). The number of H-pyrrole nitrogens is 1. The zero-order chi connectivity index (χ0) is 17.0. The fourth-order valence-corrected chi connectivity index (χ4v) is 3.17. The largest absolute Gasteiger partial charge is 0.340 e. The molecule has 0 saturated heterocycles. The summed E-state index contributed by atoms with van der Waals surface area (Å²) in [6, 6.07) is 2.76. The van der Waals surface area contributed by atoms with E-state index >= 15 is 0 Å². The molecule has 7 heteroatoms. The first-order chi connectivity index (χ1) is 11.0. The quantitative estimate of drug-likeness (QED) is 0.614. The summed E-state index contributed by atoms with van der Waals surface area (Å²) in [7, 11) is 0. The van der Waals surface area contributed by atoms with Crippen molar-refractivity contribution in [2.75, 3.05) is 0 Å². The van der Waals surface area contributed by atoms with Crippen molar-refractivity contribution in [3.05, 3.63) is 44.2 Å². The Bertz CT molecular complexity index is 801. The summed E-state index contributed by atoms with van der Waals surface area (Å²) in [6.45, 7) is 4.17. The number of pyridine rings is 1. The molecule has 0 aliphatic carbocycles. The van der Waals surface area contributed by atoms with Gasteiger partial charge in [-0.1, -0.05) is 38.3 Å². The number of rotatable bonds is 6. The van der Waals surface area contributed by atoms with Gasteiger partial charge in [0.1, 0.15) is 5.15 Å². The van der Waals surface area contributed by atoms with E-state index in [2.05, 4.69) is 36.4 Å². The van der Waals surface area contributed by atoms with E-state index in [-0.39, 0.29) is 27.7 Å². The Morgan fingerprint density at radius 1 is 1.35 bits per heavy atom. The number of hydrogen-bond acceptors (Lipinski definition) is 4. The average Bonchev–Trinajstić information content (AvgIpc) is 2.48. The van der Waals surface area contributed by atoms with Gasteiger partial charge in [-0.25, -0.2) is 4.98 Å². The van der Waals surface area contributed by atoms with Crippen molar-refractivity contribution in [3.63, 3.8) is 0 Å². The lowest BCUT2D eigenvalue weighted by molar-refractivity contribution is 0.421. The number of nitrogens with zero attached hydrogens (tertiary/aromatic N) is 2. The Morgan fingerprint density at radius 3 is 2.65 bits per heavy atom. The summed E-state index contributed by atoms with van der Waals surface area (Å²) in [6.07, 6.45) is 5.46. The maximum atomic E-state index is 12.4. The van der Waals surface area contributed by atoms with Crippen LogP contribution in [0.3, 0.4) is 0 Å². The molecule has 1 N–H and O–H groups in total. The highest BCUT2D eigenvalue weighted by Crippen LogP contribution is 2.21. The number of nitrogens with one attached hydrogen (secondary N) is 1. The lowest BCUT2D eigenvalue weighted by Gasteiger charge is -2.17. The van der Waals surface area contributed by atoms with Crippen molar-refractivity contribution in [1.82, 2.24) is 14.5 Å². The van der Waals surface area contributed by atoms with E-state index in [1.807, 2.05) is 0 Å². The van der Waals surface area contributed by atoms with Crippen LogP contribution in [-0.2, 0) is 0 Å². The van der Waals surface area contributed by atoms with Crippen molar-refractivity contribution in [2.45, 2.75) is 50.6 Å². The highest BCUT2D eigenvalue weighted by Gasteiger charge is 2.15. The fourth-order valence-electron chi connectivity index (χ4n) is 2.56. The number of aromatic amines is 1. The van der Waals surface area contributed by atoms with E-state index in [0.717, 1.165) is 25.7 Å². The van der Waals surface area contributed by atoms with Crippen molar-refractivity contribution in [2.24, 2.45) is 0 Å². The van der Waals surface area contributed by atoms with Gasteiger partial charge in [0.2, 0.25) is 0 Å². The zero-order valence-electron chi connectivity index (χ0n) is 13.2. The molecule has 2 rings (SSSR count). The molecule has 0 saturated carbocycles. The van der Waals surface area contributed by atoms with Gasteiger partial charge in [-0.2, -0.15) is 0 Å². The van der Waals surface area contributed by atoms with Gasteiger partial charge < -0.3 is 4.98 Å². The van der Waals surface area contributed by atoms with Crippen LogP contribution in [0.15, 0.2) is 33.1 Å². The maximum Gasteiger partial charge on any atom is 0.254 e. The molecule has 23 heavy (non-hydrogen) atoms. The smallest absolute Gasteiger partial charge is 0.254 e. The monoisotopic (exact) mass is 353 g/mol. The Labute approximate surface area is 145 Å². The van der Waals surface area contributed by atoms with Crippen LogP contribution in [-0.4, -0.2) is 14.5 Å². The molecule has 0 aliphatic heterocycles. The lowest BCUT2D eigenvalue weighted by atomic mass is 10.1. The van der Waals surface area contributed by atoms with E-state index in [1.165, 1.54) is 18.5 Å². The van der Waals surface area contributed by atoms with E-state index in [9.17, 15) is 9.59 Å². The van der Waals surface area contributed by atoms with Crippen molar-refractivity contribution >= 4 is 24.2 Å². The van der Waals surface area contributed by atoms with Gasteiger partial charge in [0.25, 0.3) is 5.56 Å². The molecule has 0 radical (unpaired) electrons. The van der Waals surface area contributed by atoms with E-state index < -0.39 is 0 Å². The van der Waals surface area contributed by atoms with Gasteiger partial charge in [-0.05, 0) is 12.8 Å². The van der Waals surface area contributed by atoms with Crippen LogP contribution in [0.2, 0.25) is 5.15 Å². The van der Waals surface area contributed by atoms with Crippen LogP contribution in [0.5, 0.6) is 0 Å². The van der Waals surface area contributed by atoms with Gasteiger partial charge in [-0.3, -0.25) is 14.2 Å². The molecule has 0 aromatic carbocycles. The summed E-state index contributed by atoms with van der Waals surface area (Å²) in [5, 5.41) is 0.493. The second-order valence-electron chi connectivity index (χ2n) is 5.43. The van der Waals surface area contributed by atoms with Gasteiger partial charge in [-0.15, -0.1) is 12.6 Å². The molecule has 0 fully saturated rings. The van der Waals surface area contributed by atoms with E-state index in [1.54, 1.807) is 4.57 Å². The summed E-state index contributed by atoms with van der Waals surface area (Å²) in [5.41, 5.74) is 0.0737. The SMILES string of the molecule is CCCCC(CC)n1cnc(-c2c(S)[nH]c(Cl)cc2=O)cc1=O. The highest BCUT2D eigenvalue weighted by molar-refractivity contribution is 7.80. The zero-order valence-corrected chi connectivity index (χ0v) is 14.8. The van der Waals surface area contributed by atoms with Crippen LogP contribution < -0.4 is 11.0 Å². The minimum atomic E-state index is -0.318. The normalized spacial score (nSPS) is 12.3. The van der Waals surface area contributed by atoms with Gasteiger partial charge in [0.15, 0.2) is 5.43 Å². The third kappa shape index (κ3) is 4.06. The first-order valence-corrected chi connectivity index (χ1v) is 8.50. The number of hydrogen-bond donors (Lipinski definition) is 2. The molecule has 1 unspecified atom stereocenters. The number of unbranched alkanes of at least 4 members (excludes halogenated alkanes) is 1. The highest BCUT2D eigenvalue weighted by atomic mass is 35.5. The molecule has 1 atom stereocenters. The topological polar surface area (TPSA) is 67.8 Å². The third-order valence-corrected chi connectivity index (χ3v) is 4.37. The summed E-state index contributed by atoms with van der Waals surface area (Å²) < 4.78 is 1.64. The summed E-state index contributed by atoms with van der Waals surface area (Å²) in [5.74, 6) is 0. The molecule has 5 nitrogen and oxygen atoms in total. The maximum absolute atomic E-state index is 12.4. The van der Waals surface area contributed by atoms with Crippen LogP contribution in [0.4, 0.5) is 0 Å². The number of halogens is 1.